The van der Waals surface area contributed by atoms with Gasteiger partial charge in [0.05, 0.1) is 47.6 Å². The van der Waals surface area contributed by atoms with Gasteiger partial charge < -0.3 is 13.7 Å². The van der Waals surface area contributed by atoms with Crippen LogP contribution in [0.4, 0.5) is 0 Å². The zero-order chi connectivity index (χ0) is 22.5. The van der Waals surface area contributed by atoms with Gasteiger partial charge in [-0.1, -0.05) is 0 Å². The second-order valence-corrected chi connectivity index (χ2v) is 12.3. The summed E-state index contributed by atoms with van der Waals surface area (Å²) in [4.78, 5) is 0. The quantitative estimate of drug-likeness (QED) is 0.101. The maximum atomic E-state index is 9.96. The van der Waals surface area contributed by atoms with E-state index in [9.17, 15) is 38.9 Å². The van der Waals surface area contributed by atoms with Gasteiger partial charge in [0.25, 0.3) is 0 Å². The fourth-order valence-electron chi connectivity index (χ4n) is 0.865. The van der Waals surface area contributed by atoms with Crippen LogP contribution in [0.25, 0.3) is 0 Å². The number of hydrogen-bond donors (Lipinski definition) is 6. The molecule has 0 heterocycles. The van der Waals surface area contributed by atoms with Crippen molar-refractivity contribution in [2.75, 3.05) is 34.5 Å². The van der Waals surface area contributed by atoms with Gasteiger partial charge in [0.2, 0.25) is 0 Å². The maximum absolute atomic E-state index is 9.96. The second kappa shape index (κ2) is 19.1. The Hall–Kier alpha value is 2.57. The minimum atomic E-state index is -4.11. The molecule has 0 saturated carbocycles. The molecule has 0 aromatic heterocycles. The van der Waals surface area contributed by atoms with Crippen molar-refractivity contribution in [1.82, 2.24) is 0 Å². The van der Waals surface area contributed by atoms with E-state index in [4.69, 9.17) is 0 Å². The van der Waals surface area contributed by atoms with Crippen molar-refractivity contribution in [3.8, 4) is 0 Å². The topological polar surface area (TPSA) is 172 Å². The van der Waals surface area contributed by atoms with Crippen molar-refractivity contribution in [2.45, 2.75) is 15.7 Å². The van der Waals surface area contributed by atoms with Crippen LogP contribution >= 0.6 is 75.8 Å². The summed E-state index contributed by atoms with van der Waals surface area (Å²) in [5.41, 5.74) is 0. The van der Waals surface area contributed by atoms with Gasteiger partial charge in [0.15, 0.2) is 0 Å². The van der Waals surface area contributed by atoms with Gasteiger partial charge in [-0.15, -0.1) is 0 Å². The van der Waals surface area contributed by atoms with Crippen LogP contribution in [0.5, 0.6) is 0 Å². The van der Waals surface area contributed by atoms with Gasteiger partial charge in [0.1, 0.15) is 0 Å². The van der Waals surface area contributed by atoms with E-state index >= 15 is 0 Å². The van der Waals surface area contributed by atoms with Crippen LogP contribution in [0.2, 0.25) is 0 Å². The first-order chi connectivity index (χ1) is 11.9. The minimum absolute atomic E-state index is 0. The van der Waals surface area contributed by atoms with Gasteiger partial charge in [-0.05, 0) is 0 Å². The molecule has 176 valence electrons. The van der Waals surface area contributed by atoms with Gasteiger partial charge in [0, 0.05) is 33.0 Å². The SMILES string of the molecule is O=S(=O)([O-])CC(S)CS.O=S(=O)([O-])CC(S)CS.O=S(=O)([O-])CC(S)CS.[Au+3]. The third-order valence-corrected chi connectivity index (χ3v) is 8.28. The van der Waals surface area contributed by atoms with Crippen LogP contribution in [0, 0.1) is 0 Å². The predicted molar refractivity (Wildman–Crippen MR) is 124 cm³/mol. The molecule has 0 aromatic carbocycles. The van der Waals surface area contributed by atoms with Gasteiger partial charge in [-0.3, -0.25) is 0 Å². The Balaban J connectivity index is -0.000000152. The van der Waals surface area contributed by atoms with Crippen LogP contribution in [-0.2, 0) is 52.7 Å². The summed E-state index contributed by atoms with van der Waals surface area (Å²) in [7, 11) is -12.3. The molecule has 3 atom stereocenters. The van der Waals surface area contributed by atoms with E-state index in [2.05, 4.69) is 75.8 Å². The van der Waals surface area contributed by atoms with E-state index in [-0.39, 0.29) is 22.4 Å². The number of hydrogen-bond acceptors (Lipinski definition) is 15. The monoisotopic (exact) mass is 758 g/mol. The first kappa shape index (κ1) is 37.9. The maximum Gasteiger partial charge on any atom is 3.00 e. The van der Waals surface area contributed by atoms with Crippen molar-refractivity contribution in [3.63, 3.8) is 0 Å². The van der Waals surface area contributed by atoms with Crippen LogP contribution in [0.1, 0.15) is 0 Å². The second-order valence-electron chi connectivity index (χ2n) is 4.68. The van der Waals surface area contributed by atoms with E-state index in [0.717, 1.165) is 0 Å². The normalized spacial score (nSPS) is 14.9. The van der Waals surface area contributed by atoms with Crippen LogP contribution in [-0.4, -0.2) is 89.2 Å². The molecule has 0 aliphatic heterocycles. The van der Waals surface area contributed by atoms with Crippen molar-refractivity contribution >= 4 is 106 Å². The fraction of sp³-hybridized carbons (Fsp3) is 1.00. The molecule has 0 fully saturated rings. The third kappa shape index (κ3) is 39.1. The molecule has 3 unspecified atom stereocenters. The third-order valence-electron chi connectivity index (χ3n) is 1.82. The first-order valence-corrected chi connectivity index (χ1v) is 14.7. The van der Waals surface area contributed by atoms with Crippen molar-refractivity contribution in [1.29, 1.82) is 0 Å². The molecule has 0 N–H and O–H groups in total. The Labute approximate surface area is 215 Å². The average Bonchev–Trinajstić information content (AvgIpc) is 2.43. The van der Waals surface area contributed by atoms with Crippen LogP contribution in [0.15, 0.2) is 0 Å². The molecule has 0 aliphatic carbocycles. The molecular formula is C9H21AuO9S9. The molecule has 0 spiro atoms. The Bertz CT molecular complexity index is 585. The number of thiol groups is 6. The molecule has 0 rings (SSSR count). The van der Waals surface area contributed by atoms with Crippen molar-refractivity contribution in [2.24, 2.45) is 0 Å². The van der Waals surface area contributed by atoms with Gasteiger partial charge >= 0.3 is 22.4 Å². The summed E-state index contributed by atoms with van der Waals surface area (Å²) in [5, 5.41) is -1.34. The van der Waals surface area contributed by atoms with Crippen molar-refractivity contribution < 1.29 is 61.3 Å². The molecule has 0 aliphatic rings. The largest absolute Gasteiger partial charge is 3.00 e. The summed E-state index contributed by atoms with van der Waals surface area (Å²) >= 11 is 22.5. The van der Waals surface area contributed by atoms with E-state index < -0.39 is 63.4 Å². The predicted octanol–water partition coefficient (Wildman–Crippen LogP) is -0.723. The van der Waals surface area contributed by atoms with Gasteiger partial charge in [-0.25, -0.2) is 25.3 Å². The molecule has 28 heavy (non-hydrogen) atoms. The average molecular weight is 759 g/mol. The Kier molecular flexibility index (Phi) is 25.8. The molecule has 0 amide bonds. The minimum Gasteiger partial charge on any atom is -0.748 e. The first-order valence-electron chi connectivity index (χ1n) is 6.54. The van der Waals surface area contributed by atoms with Crippen LogP contribution in [0.3, 0.4) is 0 Å². The molecule has 9 nitrogen and oxygen atoms in total. The zero-order valence-electron chi connectivity index (χ0n) is 13.9. The van der Waals surface area contributed by atoms with E-state index in [1.165, 1.54) is 0 Å². The standard InChI is InChI=1S/3C3H8O3S3.Au/c3*4-9(5,6)2-3(8)1-7;/h3*3,7-8H,1-2H2,(H,4,5,6);/q;;;+3/p-3. The fourth-order valence-corrected chi connectivity index (χ4v) is 5.19. The van der Waals surface area contributed by atoms with Crippen molar-refractivity contribution in [3.05, 3.63) is 0 Å². The van der Waals surface area contributed by atoms with Crippen LogP contribution < -0.4 is 0 Å². The summed E-state index contributed by atoms with van der Waals surface area (Å²) < 4.78 is 89.7. The molecule has 0 aromatic rings. The molecule has 19 heteroatoms. The summed E-state index contributed by atoms with van der Waals surface area (Å²) in [6.07, 6.45) is 0. The summed E-state index contributed by atoms with van der Waals surface area (Å²) in [6, 6.07) is 0. The Morgan fingerprint density at radius 1 is 0.536 bits per heavy atom. The zero-order valence-corrected chi connectivity index (χ0v) is 23.8. The summed E-state index contributed by atoms with van der Waals surface area (Å²) in [6.45, 7) is 0. The number of rotatable bonds is 9. The van der Waals surface area contributed by atoms with Gasteiger partial charge in [-0.2, -0.15) is 75.8 Å². The van der Waals surface area contributed by atoms with E-state index in [1.807, 2.05) is 0 Å². The Morgan fingerprint density at radius 3 is 0.714 bits per heavy atom. The van der Waals surface area contributed by atoms with E-state index in [1.54, 1.807) is 0 Å². The molecule has 0 saturated heterocycles. The van der Waals surface area contributed by atoms with E-state index in [0.29, 0.717) is 17.3 Å². The smallest absolute Gasteiger partial charge is 0.748 e. The summed E-state index contributed by atoms with van der Waals surface area (Å²) in [5.74, 6) is -0.446. The molecule has 0 radical (unpaired) electrons. The molecule has 0 bridgehead atoms. The Morgan fingerprint density at radius 2 is 0.679 bits per heavy atom. The molecular weight excluding hydrogens is 738 g/mol.